The van der Waals surface area contributed by atoms with Gasteiger partial charge in [0.25, 0.3) is 0 Å². The fourth-order valence-electron chi connectivity index (χ4n) is 6.60. The third kappa shape index (κ3) is 6.11. The number of alkyl halides is 6. The summed E-state index contributed by atoms with van der Waals surface area (Å²) in [6, 6.07) is 22.6. The van der Waals surface area contributed by atoms with E-state index < -0.39 is 39.6 Å². The first-order valence-corrected chi connectivity index (χ1v) is 22.5. The summed E-state index contributed by atoms with van der Waals surface area (Å²) in [5.41, 5.74) is 3.25. The lowest BCUT2D eigenvalue weighted by Crippen LogP contribution is -2.25. The summed E-state index contributed by atoms with van der Waals surface area (Å²) < 4.78 is 87.4. The summed E-state index contributed by atoms with van der Waals surface area (Å²) in [5.74, 6) is 12.2. The first-order chi connectivity index (χ1) is 22.4. The first-order valence-electron chi connectivity index (χ1n) is 15.5. The summed E-state index contributed by atoms with van der Waals surface area (Å²) >= 11 is 0. The molecular formula is C40H32F6Si2. The Kier molecular flexibility index (Phi) is 8.06. The molecule has 0 saturated carbocycles. The molecule has 0 aromatic heterocycles. The summed E-state index contributed by atoms with van der Waals surface area (Å²) in [4.78, 5) is 0. The van der Waals surface area contributed by atoms with Crippen LogP contribution in [0.3, 0.4) is 0 Å². The molecule has 0 spiro atoms. The molecule has 2 aliphatic rings. The highest BCUT2D eigenvalue weighted by Gasteiger charge is 2.47. The molecule has 242 valence electrons. The van der Waals surface area contributed by atoms with Crippen molar-refractivity contribution in [3.8, 4) is 23.7 Å². The minimum absolute atomic E-state index is 0.225. The zero-order valence-electron chi connectivity index (χ0n) is 27.4. The molecule has 0 heterocycles. The maximum Gasteiger partial charge on any atom is 0.416 e. The molecule has 0 radical (unpaired) electrons. The molecule has 0 N–H and O–H groups in total. The van der Waals surface area contributed by atoms with Crippen LogP contribution in [0.1, 0.15) is 55.6 Å². The zero-order valence-corrected chi connectivity index (χ0v) is 29.4. The van der Waals surface area contributed by atoms with Crippen LogP contribution in [-0.4, -0.2) is 16.1 Å². The standard InChI is InChI=1S/C40H32F6Si2/c1-47(2,3)37-33-27(19-17-25-13-9-7-10-14-25)21-29(39(41,42)43)23-31(33)36-35(37)32-24-30(40(44,45)46)22-28(34(32)38(36)48(4,5)6)20-18-26-15-11-8-12-16-26/h7-16,21-24H,1-6H3. The van der Waals surface area contributed by atoms with Gasteiger partial charge >= 0.3 is 12.4 Å². The van der Waals surface area contributed by atoms with Gasteiger partial charge in [-0.25, -0.2) is 0 Å². The lowest BCUT2D eigenvalue weighted by molar-refractivity contribution is -0.138. The second-order valence-electron chi connectivity index (χ2n) is 14.1. The van der Waals surface area contributed by atoms with Gasteiger partial charge in [0.1, 0.15) is 0 Å². The Bertz CT molecular complexity index is 1990. The Balaban J connectivity index is 1.78. The summed E-state index contributed by atoms with van der Waals surface area (Å²) in [6.07, 6.45) is -9.33. The quantitative estimate of drug-likeness (QED) is 0.112. The predicted molar refractivity (Wildman–Crippen MR) is 188 cm³/mol. The van der Waals surface area contributed by atoms with Crippen molar-refractivity contribution in [3.05, 3.63) is 141 Å². The lowest BCUT2D eigenvalue weighted by Gasteiger charge is -2.25. The predicted octanol–water partition coefficient (Wildman–Crippen LogP) is 11.4. The molecule has 8 heteroatoms. The second-order valence-corrected chi connectivity index (χ2v) is 24.1. The highest BCUT2D eigenvalue weighted by molar-refractivity contribution is 6.99. The van der Waals surface area contributed by atoms with Gasteiger partial charge in [0.2, 0.25) is 0 Å². The van der Waals surface area contributed by atoms with Crippen molar-refractivity contribution >= 4 is 37.7 Å². The second kappa shape index (κ2) is 11.6. The third-order valence-electron chi connectivity index (χ3n) is 8.45. The van der Waals surface area contributed by atoms with E-state index in [4.69, 9.17) is 0 Å². The Morgan fingerprint density at radius 3 is 1.08 bits per heavy atom. The van der Waals surface area contributed by atoms with E-state index in [-0.39, 0.29) is 11.1 Å². The Labute approximate surface area is 279 Å². The van der Waals surface area contributed by atoms with E-state index in [1.807, 2.05) is 12.1 Å². The number of hydrogen-bond acceptors (Lipinski definition) is 0. The normalized spacial score (nSPS) is 14.2. The Hall–Kier alpha value is -4.51. The molecule has 0 aliphatic heterocycles. The average Bonchev–Trinajstić information content (AvgIpc) is 3.52. The number of benzene rings is 4. The average molecular weight is 683 g/mol. The molecule has 0 bridgehead atoms. The van der Waals surface area contributed by atoms with Crippen LogP contribution in [0.2, 0.25) is 39.3 Å². The number of hydrogen-bond donors (Lipinski definition) is 0. The molecule has 2 aliphatic carbocycles. The fraction of sp³-hybridized carbons (Fsp3) is 0.200. The molecule has 0 atom stereocenters. The maximum atomic E-state index is 14.6. The van der Waals surface area contributed by atoms with Crippen molar-refractivity contribution in [3.63, 3.8) is 0 Å². The smallest absolute Gasteiger partial charge is 0.166 e. The van der Waals surface area contributed by atoms with Crippen molar-refractivity contribution in [1.82, 2.24) is 0 Å². The molecule has 4 aromatic rings. The van der Waals surface area contributed by atoms with E-state index in [2.05, 4.69) is 63.0 Å². The summed E-state index contributed by atoms with van der Waals surface area (Å²) in [6.45, 7) is 12.4. The SMILES string of the molecule is C[Si](C)(C)C1=C2C(=C([Si](C)(C)C)c3c(C#Cc4ccccc4)cc(C(F)(F)F)cc32)c2cc(C(F)(F)F)cc(C#Cc3ccccc3)c21. The fourth-order valence-corrected chi connectivity index (χ4v) is 10.7. The van der Waals surface area contributed by atoms with E-state index >= 15 is 0 Å². The minimum Gasteiger partial charge on any atom is -0.166 e. The van der Waals surface area contributed by atoms with Crippen molar-refractivity contribution in [1.29, 1.82) is 0 Å². The molecule has 4 aromatic carbocycles. The molecule has 48 heavy (non-hydrogen) atoms. The summed E-state index contributed by atoms with van der Waals surface area (Å²) in [5, 5.41) is 1.63. The summed E-state index contributed by atoms with van der Waals surface area (Å²) in [7, 11) is -4.96. The van der Waals surface area contributed by atoms with E-state index in [9.17, 15) is 26.3 Å². The van der Waals surface area contributed by atoms with Crippen molar-refractivity contribution in [2.45, 2.75) is 51.6 Å². The van der Waals surface area contributed by atoms with Crippen LogP contribution in [0.15, 0.2) is 84.9 Å². The van der Waals surface area contributed by atoms with E-state index in [0.717, 1.165) is 22.5 Å². The Morgan fingerprint density at radius 2 is 0.792 bits per heavy atom. The first kappa shape index (κ1) is 33.4. The topological polar surface area (TPSA) is 0 Å². The van der Waals surface area contributed by atoms with E-state index in [1.54, 1.807) is 48.5 Å². The van der Waals surface area contributed by atoms with Crippen molar-refractivity contribution < 1.29 is 26.3 Å². The van der Waals surface area contributed by atoms with Crippen molar-refractivity contribution in [2.24, 2.45) is 0 Å². The van der Waals surface area contributed by atoms with Crippen LogP contribution >= 0.6 is 0 Å². The van der Waals surface area contributed by atoms with Gasteiger partial charge in [0.05, 0.1) is 27.3 Å². The van der Waals surface area contributed by atoms with Gasteiger partial charge in [-0.2, -0.15) is 26.3 Å². The van der Waals surface area contributed by atoms with Crippen LogP contribution in [-0.2, 0) is 12.4 Å². The molecule has 0 fully saturated rings. The van der Waals surface area contributed by atoms with E-state index in [1.165, 1.54) is 12.1 Å². The van der Waals surface area contributed by atoms with Crippen LogP contribution < -0.4 is 0 Å². The third-order valence-corrected chi connectivity index (χ3v) is 12.5. The molecule has 6 rings (SSSR count). The minimum atomic E-state index is -4.67. The van der Waals surface area contributed by atoms with Gasteiger partial charge in [0, 0.05) is 22.3 Å². The molecule has 0 unspecified atom stereocenters. The lowest BCUT2D eigenvalue weighted by atomic mass is 9.95. The van der Waals surface area contributed by atoms with Crippen LogP contribution in [0, 0.1) is 23.7 Å². The highest BCUT2D eigenvalue weighted by Crippen LogP contribution is 2.61. The number of halogens is 6. The van der Waals surface area contributed by atoms with Crippen LogP contribution in [0.25, 0.3) is 21.5 Å². The highest BCUT2D eigenvalue weighted by atomic mass is 28.3. The van der Waals surface area contributed by atoms with Crippen LogP contribution in [0.4, 0.5) is 26.3 Å². The molecule has 0 nitrogen and oxygen atoms in total. The van der Waals surface area contributed by atoms with Gasteiger partial charge in [-0.1, -0.05) is 99.4 Å². The monoisotopic (exact) mass is 682 g/mol. The van der Waals surface area contributed by atoms with E-state index in [0.29, 0.717) is 44.5 Å². The van der Waals surface area contributed by atoms with Gasteiger partial charge in [0.15, 0.2) is 0 Å². The Morgan fingerprint density at radius 1 is 0.458 bits per heavy atom. The van der Waals surface area contributed by atoms with Crippen molar-refractivity contribution in [2.75, 3.05) is 0 Å². The number of allylic oxidation sites excluding steroid dienone is 2. The van der Waals surface area contributed by atoms with Crippen LogP contribution in [0.5, 0.6) is 0 Å². The van der Waals surface area contributed by atoms with Gasteiger partial charge < -0.3 is 0 Å². The van der Waals surface area contributed by atoms with Gasteiger partial charge in [-0.3, -0.25) is 0 Å². The van der Waals surface area contributed by atoms with Gasteiger partial charge in [-0.15, -0.1) is 0 Å². The molecule has 0 amide bonds. The number of rotatable bonds is 2. The van der Waals surface area contributed by atoms with Gasteiger partial charge in [-0.05, 0) is 92.3 Å². The largest absolute Gasteiger partial charge is 0.416 e. The molecular weight excluding hydrogens is 651 g/mol. The number of fused-ring (bicyclic) bond motifs is 5. The maximum absolute atomic E-state index is 14.6. The zero-order chi connectivity index (χ0) is 34.8. The molecule has 0 saturated heterocycles.